The molecule has 0 saturated carbocycles. The van der Waals surface area contributed by atoms with Crippen molar-refractivity contribution in [1.82, 2.24) is 20.1 Å². The number of aryl methyl sites for hydroxylation is 1. The Bertz CT molecular complexity index is 1090. The van der Waals surface area contributed by atoms with Crippen molar-refractivity contribution in [3.63, 3.8) is 0 Å². The highest BCUT2D eigenvalue weighted by atomic mass is 16.3. The van der Waals surface area contributed by atoms with Crippen molar-refractivity contribution in [2.75, 3.05) is 25.0 Å². The normalized spacial score (nSPS) is 18.9. The van der Waals surface area contributed by atoms with Crippen LogP contribution in [0.15, 0.2) is 53.5 Å². The van der Waals surface area contributed by atoms with E-state index in [-0.39, 0.29) is 16.7 Å². The van der Waals surface area contributed by atoms with Crippen molar-refractivity contribution >= 4 is 5.82 Å². The smallest absolute Gasteiger partial charge is 0.250 e. The van der Waals surface area contributed by atoms with Gasteiger partial charge in [0, 0.05) is 38.0 Å². The maximum absolute atomic E-state index is 11.9. The summed E-state index contributed by atoms with van der Waals surface area (Å²) in [5.74, 6) is 0.825. The first-order valence-electron chi connectivity index (χ1n) is 10.2. The number of phenolic OH excluding ortho intramolecular Hbond substituents is 1. The lowest BCUT2D eigenvalue weighted by molar-refractivity contribution is 0.253. The van der Waals surface area contributed by atoms with Gasteiger partial charge in [-0.15, -0.1) is 10.2 Å². The second-order valence-electron chi connectivity index (χ2n) is 8.34. The molecule has 1 aliphatic rings. The van der Waals surface area contributed by atoms with E-state index in [1.54, 1.807) is 31.4 Å². The number of pyridine rings is 1. The topological polar surface area (TPSA) is 92.1 Å². The number of anilines is 1. The summed E-state index contributed by atoms with van der Waals surface area (Å²) in [4.78, 5) is 11.9. The monoisotopic (exact) mass is 405 g/mol. The van der Waals surface area contributed by atoms with Gasteiger partial charge in [0.2, 0.25) is 0 Å². The van der Waals surface area contributed by atoms with Gasteiger partial charge in [-0.1, -0.05) is 13.0 Å². The SMILES string of the molecule is Cn1ccc(-c2ccc(-c3ccc(NCC4(C)CCCNC4)nn3)c(O)c2)cc1=O. The van der Waals surface area contributed by atoms with Gasteiger partial charge in [0.1, 0.15) is 11.6 Å². The predicted octanol–water partition coefficient (Wildman–Crippen LogP) is 3.02. The van der Waals surface area contributed by atoms with Crippen LogP contribution in [0.25, 0.3) is 22.4 Å². The summed E-state index contributed by atoms with van der Waals surface area (Å²) in [6, 6.07) is 12.5. The summed E-state index contributed by atoms with van der Waals surface area (Å²) in [5, 5.41) is 25.9. The van der Waals surface area contributed by atoms with Crippen LogP contribution >= 0.6 is 0 Å². The van der Waals surface area contributed by atoms with Gasteiger partial charge >= 0.3 is 0 Å². The predicted molar refractivity (Wildman–Crippen MR) is 119 cm³/mol. The van der Waals surface area contributed by atoms with Crippen molar-refractivity contribution in [3.05, 3.63) is 59.0 Å². The zero-order valence-electron chi connectivity index (χ0n) is 17.4. The lowest BCUT2D eigenvalue weighted by Crippen LogP contribution is -2.42. The Morgan fingerprint density at radius 3 is 2.67 bits per heavy atom. The van der Waals surface area contributed by atoms with E-state index in [0.717, 1.165) is 36.6 Å². The number of hydrogen-bond acceptors (Lipinski definition) is 6. The molecule has 0 amide bonds. The maximum Gasteiger partial charge on any atom is 0.250 e. The zero-order chi connectivity index (χ0) is 21.1. The van der Waals surface area contributed by atoms with Crippen LogP contribution in [-0.4, -0.2) is 39.5 Å². The fourth-order valence-corrected chi connectivity index (χ4v) is 3.80. The van der Waals surface area contributed by atoms with E-state index in [1.165, 1.54) is 17.4 Å². The first-order chi connectivity index (χ1) is 14.4. The second kappa shape index (κ2) is 8.28. The number of benzene rings is 1. The molecule has 1 aliphatic heterocycles. The van der Waals surface area contributed by atoms with Crippen LogP contribution in [0, 0.1) is 5.41 Å². The quantitative estimate of drug-likeness (QED) is 0.604. The molecular weight excluding hydrogens is 378 g/mol. The highest BCUT2D eigenvalue weighted by molar-refractivity contribution is 5.74. The Balaban J connectivity index is 1.48. The molecule has 4 rings (SSSR count). The van der Waals surface area contributed by atoms with Gasteiger partial charge in [-0.2, -0.15) is 0 Å². The second-order valence-corrected chi connectivity index (χ2v) is 8.34. The van der Waals surface area contributed by atoms with Gasteiger partial charge in [0.05, 0.1) is 5.69 Å². The molecule has 1 aromatic carbocycles. The third kappa shape index (κ3) is 4.36. The van der Waals surface area contributed by atoms with Gasteiger partial charge in [-0.3, -0.25) is 4.79 Å². The molecule has 0 radical (unpaired) electrons. The number of nitrogens with one attached hydrogen (secondary N) is 2. The molecule has 0 aliphatic carbocycles. The van der Waals surface area contributed by atoms with Gasteiger partial charge in [-0.25, -0.2) is 0 Å². The van der Waals surface area contributed by atoms with Crippen molar-refractivity contribution in [2.45, 2.75) is 19.8 Å². The number of phenols is 1. The average molecular weight is 406 g/mol. The van der Waals surface area contributed by atoms with Crippen LogP contribution in [0.1, 0.15) is 19.8 Å². The highest BCUT2D eigenvalue weighted by Gasteiger charge is 2.26. The van der Waals surface area contributed by atoms with Gasteiger partial charge in [0.25, 0.3) is 5.56 Å². The minimum Gasteiger partial charge on any atom is -0.507 e. The van der Waals surface area contributed by atoms with Crippen molar-refractivity contribution in [2.24, 2.45) is 12.5 Å². The third-order valence-electron chi connectivity index (χ3n) is 5.76. The van der Waals surface area contributed by atoms with Crippen LogP contribution < -0.4 is 16.2 Å². The molecule has 1 atom stereocenters. The van der Waals surface area contributed by atoms with Crippen molar-refractivity contribution < 1.29 is 5.11 Å². The Morgan fingerprint density at radius 1 is 1.17 bits per heavy atom. The van der Waals surface area contributed by atoms with Crippen LogP contribution in [0.4, 0.5) is 5.82 Å². The number of aromatic hydroxyl groups is 1. The Morgan fingerprint density at radius 2 is 2.00 bits per heavy atom. The molecule has 1 unspecified atom stereocenters. The Kier molecular flexibility index (Phi) is 5.55. The van der Waals surface area contributed by atoms with E-state index in [9.17, 15) is 9.90 Å². The van der Waals surface area contributed by atoms with Crippen molar-refractivity contribution in [1.29, 1.82) is 0 Å². The minimum atomic E-state index is -0.0945. The largest absolute Gasteiger partial charge is 0.507 e. The molecule has 3 heterocycles. The van der Waals surface area contributed by atoms with E-state index >= 15 is 0 Å². The van der Waals surface area contributed by atoms with E-state index in [1.807, 2.05) is 24.3 Å². The Hall–Kier alpha value is -3.19. The molecular formula is C23H27N5O2. The minimum absolute atomic E-state index is 0.0945. The van der Waals surface area contributed by atoms with E-state index in [0.29, 0.717) is 11.3 Å². The number of hydrogen-bond donors (Lipinski definition) is 3. The van der Waals surface area contributed by atoms with Crippen LogP contribution in [0.5, 0.6) is 5.75 Å². The van der Waals surface area contributed by atoms with Crippen LogP contribution in [0.3, 0.4) is 0 Å². The van der Waals surface area contributed by atoms with Gasteiger partial charge < -0.3 is 20.3 Å². The summed E-state index contributed by atoms with van der Waals surface area (Å²) in [7, 11) is 1.70. The molecule has 3 aromatic rings. The van der Waals surface area contributed by atoms with Gasteiger partial charge in [-0.05, 0) is 66.3 Å². The average Bonchev–Trinajstić information content (AvgIpc) is 2.75. The number of piperidine rings is 1. The summed E-state index contributed by atoms with van der Waals surface area (Å²) in [5.41, 5.74) is 2.85. The van der Waals surface area contributed by atoms with Gasteiger partial charge in [0.15, 0.2) is 0 Å². The molecule has 1 saturated heterocycles. The maximum atomic E-state index is 11.9. The summed E-state index contributed by atoms with van der Waals surface area (Å²) >= 11 is 0. The lowest BCUT2D eigenvalue weighted by atomic mass is 9.83. The summed E-state index contributed by atoms with van der Waals surface area (Å²) < 4.78 is 1.51. The zero-order valence-corrected chi connectivity index (χ0v) is 17.4. The van der Waals surface area contributed by atoms with Crippen LogP contribution in [-0.2, 0) is 7.05 Å². The number of nitrogens with zero attached hydrogens (tertiary/aromatic N) is 3. The van der Waals surface area contributed by atoms with E-state index in [2.05, 4.69) is 27.8 Å². The van der Waals surface area contributed by atoms with E-state index < -0.39 is 0 Å². The lowest BCUT2D eigenvalue weighted by Gasteiger charge is -2.34. The number of aromatic nitrogens is 3. The van der Waals surface area contributed by atoms with E-state index in [4.69, 9.17) is 0 Å². The van der Waals surface area contributed by atoms with Crippen molar-refractivity contribution in [3.8, 4) is 28.1 Å². The highest BCUT2D eigenvalue weighted by Crippen LogP contribution is 2.32. The fraction of sp³-hybridized carbons (Fsp3) is 0.348. The molecule has 156 valence electrons. The summed E-state index contributed by atoms with van der Waals surface area (Å²) in [6.07, 6.45) is 4.09. The third-order valence-corrected chi connectivity index (χ3v) is 5.76. The molecule has 3 N–H and O–H groups in total. The molecule has 30 heavy (non-hydrogen) atoms. The molecule has 0 spiro atoms. The standard InChI is InChI=1S/C23H27N5O2/c1-23(9-3-10-24-14-23)15-25-21-7-6-19(26-27-21)18-5-4-16(12-20(18)29)17-8-11-28(2)22(30)13-17/h4-8,11-13,24,29H,3,9-10,14-15H2,1-2H3,(H,25,27). The number of rotatable bonds is 5. The molecule has 1 fully saturated rings. The molecule has 7 nitrogen and oxygen atoms in total. The summed E-state index contributed by atoms with van der Waals surface area (Å²) in [6.45, 7) is 5.20. The molecule has 7 heteroatoms. The fourth-order valence-electron chi connectivity index (χ4n) is 3.80. The van der Waals surface area contributed by atoms with Crippen LogP contribution in [0.2, 0.25) is 0 Å². The Labute approximate surface area is 175 Å². The molecule has 2 aromatic heterocycles. The molecule has 0 bridgehead atoms. The first-order valence-corrected chi connectivity index (χ1v) is 10.2. The first kappa shape index (κ1) is 20.1.